The Labute approximate surface area is 177 Å². The lowest BCUT2D eigenvalue weighted by Gasteiger charge is -2.32. The molecular weight excluding hydrogens is 395 g/mol. The summed E-state index contributed by atoms with van der Waals surface area (Å²) in [5.74, 6) is 3.16. The second-order valence-corrected chi connectivity index (χ2v) is 11.8. The smallest absolute Gasteiger partial charge is 0.171 e. The maximum atomic E-state index is 14.5. The van der Waals surface area contributed by atoms with Crippen LogP contribution in [0, 0.1) is 17.8 Å². The van der Waals surface area contributed by atoms with E-state index in [1.165, 1.54) is 30.8 Å². The van der Waals surface area contributed by atoms with E-state index in [1.807, 2.05) is 0 Å². The van der Waals surface area contributed by atoms with Crippen LogP contribution in [0.3, 0.4) is 0 Å². The molecule has 0 bridgehead atoms. The molecule has 2 saturated carbocycles. The lowest BCUT2D eigenvalue weighted by molar-refractivity contribution is -0.185. The van der Waals surface area contributed by atoms with E-state index in [9.17, 15) is 9.50 Å². The fourth-order valence-electron chi connectivity index (χ4n) is 5.54. The molecule has 2 aliphatic heterocycles. The number of ether oxygens (including phenoxy) is 2. The minimum Gasteiger partial charge on any atom is -0.386 e. The van der Waals surface area contributed by atoms with Gasteiger partial charge in [-0.15, -0.1) is 23.5 Å². The van der Waals surface area contributed by atoms with E-state index in [4.69, 9.17) is 9.47 Å². The first-order valence-electron chi connectivity index (χ1n) is 11.2. The van der Waals surface area contributed by atoms with Crippen molar-refractivity contribution in [3.8, 4) is 0 Å². The van der Waals surface area contributed by atoms with Crippen molar-refractivity contribution in [2.24, 2.45) is 17.8 Å². The predicted molar refractivity (Wildman–Crippen MR) is 115 cm³/mol. The molecule has 0 aromatic heterocycles. The lowest BCUT2D eigenvalue weighted by Crippen LogP contribution is -2.36. The molecule has 4 aliphatic rings. The number of halogens is 1. The molecule has 0 aromatic rings. The summed E-state index contributed by atoms with van der Waals surface area (Å²) in [6.07, 6.45) is 11.0. The molecule has 0 aromatic carbocycles. The Bertz CT molecular complexity index is 514. The maximum absolute atomic E-state index is 14.5. The number of rotatable bonds is 8. The van der Waals surface area contributed by atoms with Crippen molar-refractivity contribution in [2.75, 3.05) is 24.7 Å². The molecule has 2 saturated heterocycles. The summed E-state index contributed by atoms with van der Waals surface area (Å²) in [5, 5.41) is 10.4. The van der Waals surface area contributed by atoms with E-state index in [-0.39, 0.29) is 0 Å². The number of thioether (sulfide) groups is 2. The Hall–Kier alpha value is 0.250. The first kappa shape index (κ1) is 21.5. The van der Waals surface area contributed by atoms with Crippen LogP contribution in [0.1, 0.15) is 57.8 Å². The maximum Gasteiger partial charge on any atom is 0.171 e. The second kappa shape index (κ2) is 10.0. The number of aliphatic hydroxyl groups excluding tert-OH is 1. The SMILES string of the molecule is OC(/C=C/C1CCC2(OCCO2)C1CCC1SCCS1)C(F)CC1CCCC1. The van der Waals surface area contributed by atoms with Gasteiger partial charge in [0.2, 0.25) is 0 Å². The van der Waals surface area contributed by atoms with Crippen LogP contribution in [-0.4, -0.2) is 52.5 Å². The largest absolute Gasteiger partial charge is 0.386 e. The van der Waals surface area contributed by atoms with Crippen molar-refractivity contribution in [1.29, 1.82) is 0 Å². The van der Waals surface area contributed by atoms with Gasteiger partial charge in [-0.05, 0) is 37.5 Å². The average molecular weight is 431 g/mol. The Morgan fingerprint density at radius 2 is 1.79 bits per heavy atom. The van der Waals surface area contributed by atoms with Crippen LogP contribution < -0.4 is 0 Å². The van der Waals surface area contributed by atoms with Crippen LogP contribution in [0.25, 0.3) is 0 Å². The molecule has 1 spiro atoms. The van der Waals surface area contributed by atoms with Gasteiger partial charge in [-0.1, -0.05) is 37.8 Å². The quantitative estimate of drug-likeness (QED) is 0.537. The number of allylic oxidation sites excluding steroid dienone is 1. The summed E-state index contributed by atoms with van der Waals surface area (Å²) in [5.41, 5.74) is 0. The Kier molecular flexibility index (Phi) is 7.70. The molecule has 2 heterocycles. The molecule has 4 atom stereocenters. The van der Waals surface area contributed by atoms with Crippen molar-refractivity contribution < 1.29 is 19.0 Å². The summed E-state index contributed by atoms with van der Waals surface area (Å²) in [4.78, 5) is 0. The third kappa shape index (κ3) is 5.11. The fraction of sp³-hybridized carbons (Fsp3) is 0.909. The number of aliphatic hydroxyl groups is 1. The molecule has 4 fully saturated rings. The van der Waals surface area contributed by atoms with E-state index in [1.54, 1.807) is 6.08 Å². The summed E-state index contributed by atoms with van der Waals surface area (Å²) in [6.45, 7) is 1.35. The lowest BCUT2D eigenvalue weighted by atomic mass is 9.87. The molecule has 160 valence electrons. The van der Waals surface area contributed by atoms with Gasteiger partial charge >= 0.3 is 0 Å². The van der Waals surface area contributed by atoms with Gasteiger partial charge in [0.1, 0.15) is 12.3 Å². The Morgan fingerprint density at radius 3 is 2.50 bits per heavy atom. The molecule has 6 heteroatoms. The molecule has 0 radical (unpaired) electrons. The van der Waals surface area contributed by atoms with E-state index in [0.29, 0.717) is 42.0 Å². The molecule has 2 aliphatic carbocycles. The zero-order valence-corrected chi connectivity index (χ0v) is 18.4. The fourth-order valence-corrected chi connectivity index (χ4v) is 8.41. The number of alkyl halides is 1. The monoisotopic (exact) mass is 430 g/mol. The molecule has 28 heavy (non-hydrogen) atoms. The van der Waals surface area contributed by atoms with Gasteiger partial charge in [0.05, 0.1) is 17.8 Å². The molecular formula is C22H35FO3S2. The summed E-state index contributed by atoms with van der Waals surface area (Å²) in [6, 6.07) is 0. The molecule has 1 N–H and O–H groups in total. The minimum atomic E-state index is -1.14. The zero-order valence-electron chi connectivity index (χ0n) is 16.8. The third-order valence-electron chi connectivity index (χ3n) is 7.05. The highest BCUT2D eigenvalue weighted by Gasteiger charge is 2.51. The van der Waals surface area contributed by atoms with Crippen molar-refractivity contribution >= 4 is 23.5 Å². The summed E-state index contributed by atoms with van der Waals surface area (Å²) < 4.78 is 27.4. The normalized spacial score (nSPS) is 33.5. The van der Waals surface area contributed by atoms with Gasteiger partial charge in [-0.2, -0.15) is 0 Å². The highest BCUT2D eigenvalue weighted by molar-refractivity contribution is 8.20. The van der Waals surface area contributed by atoms with Crippen LogP contribution in [0.4, 0.5) is 4.39 Å². The zero-order chi connectivity index (χ0) is 19.4. The highest BCUT2D eigenvalue weighted by atomic mass is 32.2. The molecule has 4 rings (SSSR count). The number of hydrogen-bond donors (Lipinski definition) is 1. The minimum absolute atomic E-state index is 0.308. The van der Waals surface area contributed by atoms with Crippen molar-refractivity contribution in [3.63, 3.8) is 0 Å². The van der Waals surface area contributed by atoms with E-state index in [2.05, 4.69) is 29.6 Å². The van der Waals surface area contributed by atoms with Crippen molar-refractivity contribution in [2.45, 2.75) is 80.4 Å². The van der Waals surface area contributed by atoms with Gasteiger partial charge in [0.15, 0.2) is 5.79 Å². The first-order chi connectivity index (χ1) is 13.7. The van der Waals surface area contributed by atoms with Crippen LogP contribution in [0.5, 0.6) is 0 Å². The van der Waals surface area contributed by atoms with Crippen LogP contribution in [0.15, 0.2) is 12.2 Å². The third-order valence-corrected chi connectivity index (χ3v) is 10.2. The van der Waals surface area contributed by atoms with Gasteiger partial charge in [-0.25, -0.2) is 4.39 Å². The van der Waals surface area contributed by atoms with Crippen molar-refractivity contribution in [1.82, 2.24) is 0 Å². The van der Waals surface area contributed by atoms with Gasteiger partial charge in [0, 0.05) is 23.8 Å². The topological polar surface area (TPSA) is 38.7 Å². The molecule has 4 unspecified atom stereocenters. The van der Waals surface area contributed by atoms with Gasteiger partial charge in [0.25, 0.3) is 0 Å². The van der Waals surface area contributed by atoms with Gasteiger partial charge in [-0.3, -0.25) is 0 Å². The number of hydrogen-bond acceptors (Lipinski definition) is 5. The Balaban J connectivity index is 1.34. The van der Waals surface area contributed by atoms with Crippen molar-refractivity contribution in [3.05, 3.63) is 12.2 Å². The molecule has 3 nitrogen and oxygen atoms in total. The summed E-state index contributed by atoms with van der Waals surface area (Å²) in [7, 11) is 0. The molecule has 0 amide bonds. The second-order valence-electron chi connectivity index (χ2n) is 8.84. The van der Waals surface area contributed by atoms with E-state index in [0.717, 1.165) is 32.1 Å². The Morgan fingerprint density at radius 1 is 1.07 bits per heavy atom. The highest BCUT2D eigenvalue weighted by Crippen LogP contribution is 2.50. The average Bonchev–Trinajstić information content (AvgIpc) is 3.49. The first-order valence-corrected chi connectivity index (χ1v) is 13.3. The van der Waals surface area contributed by atoms with Gasteiger partial charge < -0.3 is 14.6 Å². The van der Waals surface area contributed by atoms with E-state index < -0.39 is 18.1 Å². The standard InChI is InChI=1S/C22H35FO3S2/c23-19(15-16-3-1-2-4-16)20(24)7-5-17-9-10-22(25-11-12-26-22)18(17)6-8-21-27-13-14-28-21/h5,7,16-21,24H,1-4,6,8-15H2/b7-5+. The van der Waals surface area contributed by atoms with Crippen LogP contribution >= 0.6 is 23.5 Å². The van der Waals surface area contributed by atoms with Crippen LogP contribution in [0.2, 0.25) is 0 Å². The van der Waals surface area contributed by atoms with Crippen LogP contribution in [-0.2, 0) is 9.47 Å². The summed E-state index contributed by atoms with van der Waals surface area (Å²) >= 11 is 4.14. The van der Waals surface area contributed by atoms with E-state index >= 15 is 0 Å². The predicted octanol–water partition coefficient (Wildman–Crippen LogP) is 5.18.